The van der Waals surface area contributed by atoms with Crippen molar-refractivity contribution in [3.8, 4) is 0 Å². The standard InChI is InChI=1S/C21H28ClN3O3/c1-4-23(3)20-19(21(26)27)15(2)13-18(24-9-11-28-12-10-24)25(20)14-16-5-7-17(22)8-6-16/h5-8,13,18H,4,9-12,14H2,1-3H3,(H,26,27). The average Bonchev–Trinajstić information content (AvgIpc) is 2.70. The highest BCUT2D eigenvalue weighted by Crippen LogP contribution is 2.32. The number of benzene rings is 1. The number of halogens is 1. The van der Waals surface area contributed by atoms with Gasteiger partial charge in [-0.3, -0.25) is 4.90 Å². The highest BCUT2D eigenvalue weighted by Gasteiger charge is 2.36. The number of nitrogens with zero attached hydrogens (tertiary/aromatic N) is 3. The smallest absolute Gasteiger partial charge is 0.339 e. The summed E-state index contributed by atoms with van der Waals surface area (Å²) < 4.78 is 5.53. The minimum Gasteiger partial charge on any atom is -0.478 e. The Kier molecular flexibility index (Phi) is 6.65. The zero-order chi connectivity index (χ0) is 20.3. The third-order valence-corrected chi connectivity index (χ3v) is 5.60. The summed E-state index contributed by atoms with van der Waals surface area (Å²) in [6, 6.07) is 7.73. The van der Waals surface area contributed by atoms with Gasteiger partial charge in [-0.25, -0.2) is 4.79 Å². The number of morpholine rings is 1. The van der Waals surface area contributed by atoms with Gasteiger partial charge in [-0.1, -0.05) is 23.7 Å². The van der Waals surface area contributed by atoms with Crippen molar-refractivity contribution in [3.63, 3.8) is 0 Å². The molecule has 0 aromatic heterocycles. The fraction of sp³-hybridized carbons (Fsp3) is 0.476. The van der Waals surface area contributed by atoms with Gasteiger partial charge < -0.3 is 19.6 Å². The van der Waals surface area contributed by atoms with Crippen LogP contribution in [-0.2, 0) is 16.1 Å². The molecular weight excluding hydrogens is 378 g/mol. The van der Waals surface area contributed by atoms with Gasteiger partial charge in [0.05, 0.1) is 13.2 Å². The number of carboxylic acid groups (broad SMARTS) is 1. The first-order valence-corrected chi connectivity index (χ1v) is 10.0. The Bertz CT molecular complexity index is 770. The molecule has 0 spiro atoms. The molecule has 3 rings (SSSR count). The predicted octanol–water partition coefficient (Wildman–Crippen LogP) is 3.01. The molecule has 1 aromatic rings. The molecule has 2 heterocycles. The van der Waals surface area contributed by atoms with E-state index in [1.54, 1.807) is 0 Å². The van der Waals surface area contributed by atoms with Crippen molar-refractivity contribution in [2.45, 2.75) is 26.6 Å². The number of hydrogen-bond donors (Lipinski definition) is 1. The fourth-order valence-electron chi connectivity index (χ4n) is 3.77. The van der Waals surface area contributed by atoms with Crippen LogP contribution in [0.3, 0.4) is 0 Å². The lowest BCUT2D eigenvalue weighted by atomic mass is 9.99. The topological polar surface area (TPSA) is 56.3 Å². The largest absolute Gasteiger partial charge is 0.478 e. The van der Waals surface area contributed by atoms with Crippen molar-refractivity contribution in [2.75, 3.05) is 39.9 Å². The molecule has 152 valence electrons. The van der Waals surface area contributed by atoms with Crippen LogP contribution in [0.25, 0.3) is 0 Å². The van der Waals surface area contributed by atoms with Crippen molar-refractivity contribution in [1.29, 1.82) is 0 Å². The van der Waals surface area contributed by atoms with Crippen LogP contribution < -0.4 is 0 Å². The van der Waals surface area contributed by atoms with Gasteiger partial charge in [-0.2, -0.15) is 0 Å². The van der Waals surface area contributed by atoms with Crippen LogP contribution >= 0.6 is 11.6 Å². The van der Waals surface area contributed by atoms with Crippen LogP contribution in [0.1, 0.15) is 19.4 Å². The first kappa shape index (κ1) is 20.7. The average molecular weight is 406 g/mol. The molecule has 1 unspecified atom stereocenters. The maximum Gasteiger partial charge on any atom is 0.339 e. The molecule has 6 nitrogen and oxygen atoms in total. The van der Waals surface area contributed by atoms with Crippen molar-refractivity contribution < 1.29 is 14.6 Å². The molecule has 0 radical (unpaired) electrons. The summed E-state index contributed by atoms with van der Waals surface area (Å²) in [7, 11) is 1.95. The van der Waals surface area contributed by atoms with Gasteiger partial charge in [0.2, 0.25) is 0 Å². The van der Waals surface area contributed by atoms with Gasteiger partial charge in [-0.05, 0) is 43.2 Å². The second kappa shape index (κ2) is 8.99. The van der Waals surface area contributed by atoms with Crippen LogP contribution in [0, 0.1) is 0 Å². The molecular formula is C21H28ClN3O3. The zero-order valence-electron chi connectivity index (χ0n) is 16.7. The predicted molar refractivity (Wildman–Crippen MR) is 110 cm³/mol. The van der Waals surface area contributed by atoms with Crippen molar-refractivity contribution >= 4 is 17.6 Å². The Morgan fingerprint density at radius 2 is 1.93 bits per heavy atom. The number of aliphatic carboxylic acids is 1. The molecule has 0 aliphatic carbocycles. The lowest BCUT2D eigenvalue weighted by Gasteiger charge is -2.47. The van der Waals surface area contributed by atoms with E-state index in [0.717, 1.165) is 30.0 Å². The van der Waals surface area contributed by atoms with Gasteiger partial charge >= 0.3 is 5.97 Å². The van der Waals surface area contributed by atoms with E-state index in [1.807, 2.05) is 50.1 Å². The number of rotatable bonds is 6. The third-order valence-electron chi connectivity index (χ3n) is 5.34. The van der Waals surface area contributed by atoms with Gasteiger partial charge in [-0.15, -0.1) is 0 Å². The van der Waals surface area contributed by atoms with Crippen LogP contribution in [-0.4, -0.2) is 71.8 Å². The Morgan fingerprint density at radius 3 is 2.50 bits per heavy atom. The van der Waals surface area contributed by atoms with E-state index < -0.39 is 5.97 Å². The van der Waals surface area contributed by atoms with E-state index in [1.165, 1.54) is 0 Å². The minimum atomic E-state index is -0.898. The minimum absolute atomic E-state index is 0.0216. The van der Waals surface area contributed by atoms with Crippen molar-refractivity contribution in [3.05, 3.63) is 57.9 Å². The zero-order valence-corrected chi connectivity index (χ0v) is 17.4. The SMILES string of the molecule is CCN(C)C1=C(C(=O)O)C(C)=CC(N2CCOCC2)N1Cc1ccc(Cl)cc1. The number of hydrogen-bond acceptors (Lipinski definition) is 5. The molecule has 2 aliphatic rings. The van der Waals surface area contributed by atoms with Crippen LogP contribution in [0.15, 0.2) is 47.3 Å². The monoisotopic (exact) mass is 405 g/mol. The lowest BCUT2D eigenvalue weighted by molar-refractivity contribution is -0.132. The summed E-state index contributed by atoms with van der Waals surface area (Å²) in [6.07, 6.45) is 2.05. The van der Waals surface area contributed by atoms with Crippen LogP contribution in [0.2, 0.25) is 5.02 Å². The Balaban J connectivity index is 2.06. The first-order chi connectivity index (χ1) is 13.4. The summed E-state index contributed by atoms with van der Waals surface area (Å²) in [5, 5.41) is 10.6. The van der Waals surface area contributed by atoms with Crippen LogP contribution in [0.5, 0.6) is 0 Å². The normalized spacial score (nSPS) is 20.9. The molecule has 2 aliphatic heterocycles. The van der Waals surface area contributed by atoms with Gasteiger partial charge in [0.1, 0.15) is 17.6 Å². The molecule has 0 saturated carbocycles. The third kappa shape index (κ3) is 4.35. The van der Waals surface area contributed by atoms with E-state index in [4.69, 9.17) is 16.3 Å². The number of carbonyl (C=O) groups is 1. The fourth-order valence-corrected chi connectivity index (χ4v) is 3.89. The summed E-state index contributed by atoms with van der Waals surface area (Å²) in [4.78, 5) is 18.7. The molecule has 1 N–H and O–H groups in total. The first-order valence-electron chi connectivity index (χ1n) is 9.62. The summed E-state index contributed by atoms with van der Waals surface area (Å²) in [5.41, 5.74) is 2.25. The van der Waals surface area contributed by atoms with E-state index >= 15 is 0 Å². The highest BCUT2D eigenvalue weighted by atomic mass is 35.5. The molecule has 1 atom stereocenters. The molecule has 7 heteroatoms. The van der Waals surface area contributed by atoms with Crippen molar-refractivity contribution in [1.82, 2.24) is 14.7 Å². The summed E-state index contributed by atoms with van der Waals surface area (Å²) >= 11 is 6.05. The summed E-state index contributed by atoms with van der Waals surface area (Å²) in [5.74, 6) is -0.146. The van der Waals surface area contributed by atoms with E-state index in [-0.39, 0.29) is 6.17 Å². The Morgan fingerprint density at radius 1 is 1.29 bits per heavy atom. The Hall–Kier alpha value is -2.02. The van der Waals surface area contributed by atoms with Gasteiger partial charge in [0.25, 0.3) is 0 Å². The lowest BCUT2D eigenvalue weighted by Crippen LogP contribution is -2.54. The van der Waals surface area contributed by atoms with Crippen molar-refractivity contribution in [2.24, 2.45) is 0 Å². The second-order valence-electron chi connectivity index (χ2n) is 7.18. The molecule has 1 saturated heterocycles. The Labute approximate surface area is 171 Å². The highest BCUT2D eigenvalue weighted by molar-refractivity contribution is 6.30. The molecule has 1 aromatic carbocycles. The van der Waals surface area contributed by atoms with Gasteiger partial charge in [0, 0.05) is 38.2 Å². The summed E-state index contributed by atoms with van der Waals surface area (Å²) in [6.45, 7) is 8.24. The quantitative estimate of drug-likeness (QED) is 0.785. The molecule has 0 bridgehead atoms. The molecule has 28 heavy (non-hydrogen) atoms. The maximum atomic E-state index is 12.1. The van der Waals surface area contributed by atoms with E-state index in [9.17, 15) is 9.90 Å². The number of ether oxygens (including phenoxy) is 1. The maximum absolute atomic E-state index is 12.1. The molecule has 0 amide bonds. The number of carboxylic acids is 1. The van der Waals surface area contributed by atoms with E-state index in [0.29, 0.717) is 36.9 Å². The van der Waals surface area contributed by atoms with E-state index in [2.05, 4.69) is 15.9 Å². The van der Waals surface area contributed by atoms with Crippen LogP contribution in [0.4, 0.5) is 0 Å². The molecule has 1 fully saturated rings. The van der Waals surface area contributed by atoms with Gasteiger partial charge in [0.15, 0.2) is 0 Å². The second-order valence-corrected chi connectivity index (χ2v) is 7.62.